The average Bonchev–Trinajstić information content (AvgIpc) is 2.48. The highest BCUT2D eigenvalue weighted by molar-refractivity contribution is 9.08. The van der Waals surface area contributed by atoms with Crippen LogP contribution in [0.25, 0.3) is 0 Å². The predicted octanol–water partition coefficient (Wildman–Crippen LogP) is 1.85. The number of benzene rings is 1. The fourth-order valence-corrected chi connectivity index (χ4v) is 2.52. The van der Waals surface area contributed by atoms with Crippen LogP contribution in [0.15, 0.2) is 24.3 Å². The van der Waals surface area contributed by atoms with E-state index in [0.717, 1.165) is 10.9 Å². The quantitative estimate of drug-likeness (QED) is 0.830. The maximum atomic E-state index is 12.2. The van der Waals surface area contributed by atoms with E-state index in [0.29, 0.717) is 31.6 Å². The first-order valence-corrected chi connectivity index (χ1v) is 7.47. The van der Waals surface area contributed by atoms with Crippen molar-refractivity contribution >= 4 is 21.8 Å². The van der Waals surface area contributed by atoms with Crippen LogP contribution < -0.4 is 5.32 Å². The van der Waals surface area contributed by atoms with Gasteiger partial charge in [0.25, 0.3) is 5.91 Å². The Kier molecular flexibility index (Phi) is 4.96. The molecule has 2 rings (SSSR count). The fraction of sp³-hybridized carbons (Fsp3) is 0.500. The monoisotopic (exact) mass is 327 g/mol. The maximum Gasteiger partial charge on any atom is 0.251 e. The van der Waals surface area contributed by atoms with Crippen LogP contribution in [0.1, 0.15) is 28.8 Å². The molecule has 1 heterocycles. The Hall–Kier alpha value is -0.910. The van der Waals surface area contributed by atoms with Crippen LogP contribution in [0.3, 0.4) is 0 Å². The molecule has 0 aromatic heterocycles. The third-order valence-electron chi connectivity index (χ3n) is 3.50. The molecule has 0 aliphatic carbocycles. The second-order valence-corrected chi connectivity index (χ2v) is 5.40. The van der Waals surface area contributed by atoms with Crippen LogP contribution >= 0.6 is 15.9 Å². The van der Waals surface area contributed by atoms with E-state index in [1.54, 1.807) is 12.1 Å². The Morgan fingerprint density at radius 3 is 2.47 bits per heavy atom. The van der Waals surface area contributed by atoms with E-state index in [4.69, 9.17) is 4.74 Å². The van der Waals surface area contributed by atoms with Crippen LogP contribution in [0.4, 0.5) is 0 Å². The number of aliphatic hydroxyl groups excluding tert-OH is 1. The molecule has 1 aromatic rings. The Labute approximate surface area is 121 Å². The minimum atomic E-state index is -0.538. The van der Waals surface area contributed by atoms with E-state index in [1.165, 1.54) is 0 Å². The number of carbonyl (C=O) groups is 1. The molecule has 1 amide bonds. The summed E-state index contributed by atoms with van der Waals surface area (Å²) in [5.41, 5.74) is 1.20. The van der Waals surface area contributed by atoms with Gasteiger partial charge in [0.2, 0.25) is 0 Å². The summed E-state index contributed by atoms with van der Waals surface area (Å²) >= 11 is 3.37. The number of alkyl halides is 1. The standard InChI is InChI=1S/C14H18BrNO3/c15-9-11-1-3-12(4-2-11)13(18)16-14(10-17)5-7-19-8-6-14/h1-4,17H,5-10H2,(H,16,18). The highest BCUT2D eigenvalue weighted by atomic mass is 79.9. The van der Waals surface area contributed by atoms with Gasteiger partial charge in [-0.05, 0) is 30.5 Å². The van der Waals surface area contributed by atoms with Gasteiger partial charge in [0.15, 0.2) is 0 Å². The molecule has 1 fully saturated rings. The molecule has 0 radical (unpaired) electrons. The van der Waals surface area contributed by atoms with E-state index >= 15 is 0 Å². The van der Waals surface area contributed by atoms with Gasteiger partial charge in [-0.15, -0.1) is 0 Å². The number of rotatable bonds is 4. The largest absolute Gasteiger partial charge is 0.394 e. The summed E-state index contributed by atoms with van der Waals surface area (Å²) in [6.45, 7) is 1.09. The van der Waals surface area contributed by atoms with E-state index in [9.17, 15) is 9.90 Å². The lowest BCUT2D eigenvalue weighted by atomic mass is 9.90. The Balaban J connectivity index is 2.06. The zero-order chi connectivity index (χ0) is 13.7. The smallest absolute Gasteiger partial charge is 0.251 e. The number of hydrogen-bond donors (Lipinski definition) is 2. The first kappa shape index (κ1) is 14.5. The minimum absolute atomic E-state index is 0.0540. The van der Waals surface area contributed by atoms with Crippen LogP contribution in [0.2, 0.25) is 0 Å². The maximum absolute atomic E-state index is 12.2. The molecular weight excluding hydrogens is 310 g/mol. The summed E-state index contributed by atoms with van der Waals surface area (Å²) in [4.78, 5) is 12.2. The number of halogens is 1. The van der Waals surface area contributed by atoms with Crippen molar-refractivity contribution in [3.63, 3.8) is 0 Å². The lowest BCUT2D eigenvalue weighted by Gasteiger charge is -2.36. The summed E-state index contributed by atoms with van der Waals surface area (Å²) in [7, 11) is 0. The third kappa shape index (κ3) is 3.55. The molecule has 0 unspecified atom stereocenters. The molecule has 0 spiro atoms. The topological polar surface area (TPSA) is 58.6 Å². The van der Waals surface area contributed by atoms with Crippen molar-refractivity contribution in [2.45, 2.75) is 23.7 Å². The number of carbonyl (C=O) groups excluding carboxylic acids is 1. The van der Waals surface area contributed by atoms with Crippen molar-refractivity contribution < 1.29 is 14.6 Å². The van der Waals surface area contributed by atoms with Gasteiger partial charge >= 0.3 is 0 Å². The normalized spacial score (nSPS) is 18.0. The zero-order valence-corrected chi connectivity index (χ0v) is 12.3. The van der Waals surface area contributed by atoms with Gasteiger partial charge in [0.1, 0.15) is 0 Å². The summed E-state index contributed by atoms with van der Waals surface area (Å²) in [5.74, 6) is -0.142. The number of amides is 1. The van der Waals surface area contributed by atoms with Crippen LogP contribution in [-0.2, 0) is 10.1 Å². The molecule has 1 aliphatic rings. The fourth-order valence-electron chi connectivity index (χ4n) is 2.14. The van der Waals surface area contributed by atoms with Crippen molar-refractivity contribution in [2.75, 3.05) is 19.8 Å². The van der Waals surface area contributed by atoms with Crippen molar-refractivity contribution in [3.05, 3.63) is 35.4 Å². The second kappa shape index (κ2) is 6.50. The summed E-state index contributed by atoms with van der Waals surface area (Å²) in [6.07, 6.45) is 1.30. The Morgan fingerprint density at radius 1 is 1.32 bits per heavy atom. The lowest BCUT2D eigenvalue weighted by molar-refractivity contribution is 0.0125. The highest BCUT2D eigenvalue weighted by Crippen LogP contribution is 2.21. The second-order valence-electron chi connectivity index (χ2n) is 4.84. The molecule has 1 aliphatic heterocycles. The predicted molar refractivity (Wildman–Crippen MR) is 76.4 cm³/mol. The molecule has 0 saturated carbocycles. The van der Waals surface area contributed by atoms with Gasteiger partial charge in [-0.25, -0.2) is 0 Å². The number of ether oxygens (including phenoxy) is 1. The number of aliphatic hydroxyl groups is 1. The average molecular weight is 328 g/mol. The summed E-state index contributed by atoms with van der Waals surface area (Å²) < 4.78 is 5.28. The Morgan fingerprint density at radius 2 is 1.95 bits per heavy atom. The molecule has 19 heavy (non-hydrogen) atoms. The molecule has 1 saturated heterocycles. The molecule has 2 N–H and O–H groups in total. The SMILES string of the molecule is O=C(NC1(CO)CCOCC1)c1ccc(CBr)cc1. The van der Waals surface area contributed by atoms with Gasteiger partial charge < -0.3 is 15.2 Å². The molecule has 0 bridgehead atoms. The van der Waals surface area contributed by atoms with E-state index in [-0.39, 0.29) is 12.5 Å². The Bertz CT molecular complexity index is 427. The van der Waals surface area contributed by atoms with E-state index in [1.807, 2.05) is 12.1 Å². The van der Waals surface area contributed by atoms with Crippen molar-refractivity contribution in [1.29, 1.82) is 0 Å². The van der Waals surface area contributed by atoms with Crippen LogP contribution in [-0.4, -0.2) is 36.4 Å². The van der Waals surface area contributed by atoms with E-state index in [2.05, 4.69) is 21.2 Å². The summed E-state index contributed by atoms with van der Waals surface area (Å²) in [5, 5.41) is 13.3. The summed E-state index contributed by atoms with van der Waals surface area (Å²) in [6, 6.07) is 7.44. The number of hydrogen-bond acceptors (Lipinski definition) is 3. The molecule has 5 heteroatoms. The molecular formula is C14H18BrNO3. The van der Waals surface area contributed by atoms with E-state index < -0.39 is 5.54 Å². The molecule has 0 atom stereocenters. The molecule has 1 aromatic carbocycles. The molecule has 104 valence electrons. The highest BCUT2D eigenvalue weighted by Gasteiger charge is 2.33. The van der Waals surface area contributed by atoms with Crippen molar-refractivity contribution in [1.82, 2.24) is 5.32 Å². The van der Waals surface area contributed by atoms with Crippen LogP contribution in [0.5, 0.6) is 0 Å². The van der Waals surface area contributed by atoms with Crippen molar-refractivity contribution in [2.24, 2.45) is 0 Å². The van der Waals surface area contributed by atoms with Gasteiger partial charge in [-0.1, -0.05) is 28.1 Å². The lowest BCUT2D eigenvalue weighted by Crippen LogP contribution is -2.54. The zero-order valence-electron chi connectivity index (χ0n) is 10.7. The van der Waals surface area contributed by atoms with Crippen LogP contribution in [0, 0.1) is 0 Å². The first-order chi connectivity index (χ1) is 9.19. The first-order valence-electron chi connectivity index (χ1n) is 6.35. The van der Waals surface area contributed by atoms with Gasteiger partial charge in [0, 0.05) is 24.1 Å². The molecule has 4 nitrogen and oxygen atoms in total. The van der Waals surface area contributed by atoms with Crippen molar-refractivity contribution in [3.8, 4) is 0 Å². The van der Waals surface area contributed by atoms with Gasteiger partial charge in [-0.3, -0.25) is 4.79 Å². The minimum Gasteiger partial charge on any atom is -0.394 e. The van der Waals surface area contributed by atoms with Gasteiger partial charge in [0.05, 0.1) is 12.1 Å². The van der Waals surface area contributed by atoms with Gasteiger partial charge in [-0.2, -0.15) is 0 Å². The number of nitrogens with one attached hydrogen (secondary N) is 1. The third-order valence-corrected chi connectivity index (χ3v) is 4.15.